The smallest absolute Gasteiger partial charge is 0.123 e. The van der Waals surface area contributed by atoms with Crippen molar-refractivity contribution in [2.45, 2.75) is 6.54 Å². The number of nitrogen functional groups attached to an aromatic ring is 1. The molecule has 0 bridgehead atoms. The summed E-state index contributed by atoms with van der Waals surface area (Å²) in [5, 5.41) is 9.55. The summed E-state index contributed by atoms with van der Waals surface area (Å²) in [5.41, 5.74) is 7.31. The van der Waals surface area contributed by atoms with Crippen LogP contribution in [0.4, 0.5) is 5.69 Å². The van der Waals surface area contributed by atoms with Crippen LogP contribution < -0.4 is 10.6 Å². The van der Waals surface area contributed by atoms with E-state index in [1.54, 1.807) is 11.3 Å². The number of thiophene rings is 1. The van der Waals surface area contributed by atoms with Gasteiger partial charge < -0.3 is 10.6 Å². The Morgan fingerprint density at radius 2 is 2.11 bits per heavy atom. The SMILES string of the molecule is CN(Cc1cc(Br)cs1)c1ccc(C(=N)N)c(Br)c1. The third-order valence-electron chi connectivity index (χ3n) is 2.70. The van der Waals surface area contributed by atoms with Gasteiger partial charge in [-0.05, 0) is 56.1 Å². The largest absolute Gasteiger partial charge is 0.384 e. The van der Waals surface area contributed by atoms with E-state index in [2.05, 4.69) is 48.2 Å². The molecule has 0 aliphatic rings. The molecule has 0 spiro atoms. The molecule has 0 saturated heterocycles. The molecule has 6 heteroatoms. The average molecular weight is 403 g/mol. The standard InChI is InChI=1S/C13H13Br2N3S/c1-18(6-10-4-8(14)7-19-10)9-2-3-11(13(16)17)12(15)5-9/h2-5,7H,6H2,1H3,(H3,16,17). The molecule has 100 valence electrons. The highest BCUT2D eigenvalue weighted by Crippen LogP contribution is 2.26. The Morgan fingerprint density at radius 1 is 1.37 bits per heavy atom. The number of hydrogen-bond donors (Lipinski definition) is 2. The first-order valence-electron chi connectivity index (χ1n) is 5.55. The number of nitrogens with one attached hydrogen (secondary N) is 1. The van der Waals surface area contributed by atoms with E-state index in [-0.39, 0.29) is 5.84 Å². The van der Waals surface area contributed by atoms with Crippen LogP contribution in [0.3, 0.4) is 0 Å². The number of rotatable bonds is 4. The van der Waals surface area contributed by atoms with Crippen molar-refractivity contribution in [1.82, 2.24) is 0 Å². The van der Waals surface area contributed by atoms with Crippen molar-refractivity contribution in [1.29, 1.82) is 5.41 Å². The van der Waals surface area contributed by atoms with Gasteiger partial charge in [-0.15, -0.1) is 11.3 Å². The van der Waals surface area contributed by atoms with Crippen LogP contribution in [0, 0.1) is 5.41 Å². The molecule has 1 aromatic carbocycles. The van der Waals surface area contributed by atoms with Gasteiger partial charge >= 0.3 is 0 Å². The van der Waals surface area contributed by atoms with Crippen molar-refractivity contribution in [3.05, 3.63) is 49.0 Å². The van der Waals surface area contributed by atoms with Crippen molar-refractivity contribution >= 4 is 54.7 Å². The van der Waals surface area contributed by atoms with E-state index in [0.29, 0.717) is 0 Å². The van der Waals surface area contributed by atoms with Gasteiger partial charge in [0, 0.05) is 37.5 Å². The average Bonchev–Trinajstić information content (AvgIpc) is 2.74. The van der Waals surface area contributed by atoms with Crippen LogP contribution in [0.25, 0.3) is 0 Å². The fraction of sp³-hybridized carbons (Fsp3) is 0.154. The first kappa shape index (κ1) is 14.6. The van der Waals surface area contributed by atoms with Crippen LogP contribution in [0.15, 0.2) is 38.6 Å². The molecule has 0 radical (unpaired) electrons. The van der Waals surface area contributed by atoms with Crippen molar-refractivity contribution < 1.29 is 0 Å². The topological polar surface area (TPSA) is 53.1 Å². The van der Waals surface area contributed by atoms with Crippen LogP contribution in [-0.2, 0) is 6.54 Å². The van der Waals surface area contributed by atoms with Crippen molar-refractivity contribution in [3.63, 3.8) is 0 Å². The quantitative estimate of drug-likeness (QED) is 0.594. The lowest BCUT2D eigenvalue weighted by Crippen LogP contribution is -2.17. The van der Waals surface area contributed by atoms with Crippen LogP contribution in [0.2, 0.25) is 0 Å². The summed E-state index contributed by atoms with van der Waals surface area (Å²) in [7, 11) is 2.04. The third kappa shape index (κ3) is 3.58. The molecule has 0 saturated carbocycles. The van der Waals surface area contributed by atoms with Gasteiger partial charge in [0.2, 0.25) is 0 Å². The summed E-state index contributed by atoms with van der Waals surface area (Å²) < 4.78 is 1.96. The van der Waals surface area contributed by atoms with Gasteiger partial charge in [0.25, 0.3) is 0 Å². The lowest BCUT2D eigenvalue weighted by atomic mass is 10.2. The highest BCUT2D eigenvalue weighted by Gasteiger charge is 2.08. The summed E-state index contributed by atoms with van der Waals surface area (Å²) >= 11 is 8.65. The van der Waals surface area contributed by atoms with Crippen molar-refractivity contribution in [3.8, 4) is 0 Å². The summed E-state index contributed by atoms with van der Waals surface area (Å²) in [5.74, 6) is 0.0725. The monoisotopic (exact) mass is 401 g/mol. The predicted octanol–water partition coefficient (Wildman–Crippen LogP) is 4.19. The Morgan fingerprint density at radius 3 is 2.63 bits per heavy atom. The fourth-order valence-corrected chi connectivity index (χ4v) is 3.81. The van der Waals surface area contributed by atoms with Gasteiger partial charge in [-0.3, -0.25) is 5.41 Å². The molecule has 0 aliphatic carbocycles. The highest BCUT2D eigenvalue weighted by atomic mass is 79.9. The Hall–Kier alpha value is -0.850. The molecular weight excluding hydrogens is 390 g/mol. The van der Waals surface area contributed by atoms with Gasteiger partial charge in [-0.1, -0.05) is 0 Å². The summed E-state index contributed by atoms with van der Waals surface area (Å²) in [6.45, 7) is 0.849. The minimum Gasteiger partial charge on any atom is -0.384 e. The maximum absolute atomic E-state index is 7.47. The van der Waals surface area contributed by atoms with Gasteiger partial charge in [-0.2, -0.15) is 0 Å². The van der Waals surface area contributed by atoms with Gasteiger partial charge in [0.15, 0.2) is 0 Å². The molecule has 3 nitrogen and oxygen atoms in total. The van der Waals surface area contributed by atoms with Crippen LogP contribution in [0.5, 0.6) is 0 Å². The van der Waals surface area contributed by atoms with Crippen LogP contribution >= 0.6 is 43.2 Å². The molecule has 3 N–H and O–H groups in total. The number of nitrogens with zero attached hydrogens (tertiary/aromatic N) is 1. The Kier molecular flexibility index (Phi) is 4.65. The van der Waals surface area contributed by atoms with E-state index in [1.807, 2.05) is 25.2 Å². The molecule has 0 atom stereocenters. The number of hydrogen-bond acceptors (Lipinski definition) is 3. The van der Waals surface area contributed by atoms with E-state index in [1.165, 1.54) is 4.88 Å². The summed E-state index contributed by atoms with van der Waals surface area (Å²) in [6, 6.07) is 7.95. The zero-order chi connectivity index (χ0) is 14.0. The zero-order valence-electron chi connectivity index (χ0n) is 10.3. The fourth-order valence-electron chi connectivity index (χ4n) is 1.72. The molecular formula is C13H13Br2N3S. The second-order valence-electron chi connectivity index (χ2n) is 4.17. The number of nitrogens with two attached hydrogens (primary N) is 1. The minimum absolute atomic E-state index is 0.0725. The molecule has 0 aliphatic heterocycles. The van der Waals surface area contributed by atoms with Crippen molar-refractivity contribution in [2.75, 3.05) is 11.9 Å². The van der Waals surface area contributed by atoms with E-state index in [4.69, 9.17) is 11.1 Å². The number of benzene rings is 1. The van der Waals surface area contributed by atoms with E-state index < -0.39 is 0 Å². The third-order valence-corrected chi connectivity index (χ3v) is 5.04. The van der Waals surface area contributed by atoms with Gasteiger partial charge in [-0.25, -0.2) is 0 Å². The molecule has 0 unspecified atom stereocenters. The first-order chi connectivity index (χ1) is 8.97. The Bertz CT molecular complexity index is 610. The van der Waals surface area contributed by atoms with E-state index >= 15 is 0 Å². The van der Waals surface area contributed by atoms with Crippen LogP contribution in [0.1, 0.15) is 10.4 Å². The van der Waals surface area contributed by atoms with Gasteiger partial charge in [0.05, 0.1) is 6.54 Å². The Labute approximate surface area is 133 Å². The zero-order valence-corrected chi connectivity index (χ0v) is 14.3. The van der Waals surface area contributed by atoms with Crippen LogP contribution in [-0.4, -0.2) is 12.9 Å². The highest BCUT2D eigenvalue weighted by molar-refractivity contribution is 9.10. The Balaban J connectivity index is 2.17. The first-order valence-corrected chi connectivity index (χ1v) is 8.02. The van der Waals surface area contributed by atoms with Gasteiger partial charge in [0.1, 0.15) is 5.84 Å². The lowest BCUT2D eigenvalue weighted by Gasteiger charge is -2.19. The normalized spacial score (nSPS) is 10.5. The molecule has 2 rings (SSSR count). The molecule has 19 heavy (non-hydrogen) atoms. The maximum Gasteiger partial charge on any atom is 0.123 e. The minimum atomic E-state index is 0.0725. The number of anilines is 1. The predicted molar refractivity (Wildman–Crippen MR) is 89.3 cm³/mol. The van der Waals surface area contributed by atoms with Crippen molar-refractivity contribution in [2.24, 2.45) is 5.73 Å². The summed E-state index contributed by atoms with van der Waals surface area (Å²) in [4.78, 5) is 3.45. The second kappa shape index (κ2) is 6.07. The lowest BCUT2D eigenvalue weighted by molar-refractivity contribution is 0.939. The molecule has 0 fully saturated rings. The summed E-state index contributed by atoms with van der Waals surface area (Å²) in [6.07, 6.45) is 0. The van der Waals surface area contributed by atoms with E-state index in [0.717, 1.165) is 26.7 Å². The van der Waals surface area contributed by atoms with E-state index in [9.17, 15) is 0 Å². The second-order valence-corrected chi connectivity index (χ2v) is 6.93. The maximum atomic E-state index is 7.47. The molecule has 1 aromatic heterocycles. The molecule has 2 aromatic rings. The number of amidine groups is 1. The molecule has 1 heterocycles. The molecule has 0 amide bonds. The number of halogens is 2.